The van der Waals surface area contributed by atoms with E-state index in [-0.39, 0.29) is 30.4 Å². The van der Waals surface area contributed by atoms with Crippen molar-refractivity contribution in [3.8, 4) is 11.5 Å². The average molecular weight is 405 g/mol. The minimum Gasteiger partial charge on any atom is -0.490 e. The van der Waals surface area contributed by atoms with Gasteiger partial charge in [0.15, 0.2) is 17.5 Å². The Bertz CT molecular complexity index is 743. The van der Waals surface area contributed by atoms with Crippen molar-refractivity contribution < 1.29 is 19.1 Å². The molecule has 0 fully saturated rings. The first-order valence-corrected chi connectivity index (χ1v) is 9.79. The highest BCUT2D eigenvalue weighted by atomic mass is 16.5. The number of rotatable bonds is 6. The molecular formula is C20H31N5O4. The number of hydrogen-bond acceptors (Lipinski definition) is 5. The third kappa shape index (κ3) is 8.28. The molecule has 1 heterocycles. The molecule has 0 atom stereocenters. The van der Waals surface area contributed by atoms with Crippen LogP contribution >= 0.6 is 0 Å². The largest absolute Gasteiger partial charge is 0.490 e. The molecule has 1 aromatic carbocycles. The second kappa shape index (κ2) is 10.5. The molecule has 9 heteroatoms. The number of nitrogens with zero attached hydrogens (tertiary/aromatic N) is 1. The van der Waals surface area contributed by atoms with Gasteiger partial charge in [-0.2, -0.15) is 0 Å². The van der Waals surface area contributed by atoms with Crippen molar-refractivity contribution in [2.75, 3.05) is 38.2 Å². The molecule has 1 aliphatic heterocycles. The molecule has 29 heavy (non-hydrogen) atoms. The molecule has 160 valence electrons. The normalized spacial score (nSPS) is 13.9. The number of carbonyl (C=O) groups is 2. The van der Waals surface area contributed by atoms with Gasteiger partial charge in [-0.25, -0.2) is 4.99 Å². The Balaban J connectivity index is 2.09. The minimum atomic E-state index is -0.344. The van der Waals surface area contributed by atoms with Crippen LogP contribution in [-0.4, -0.2) is 56.2 Å². The second-order valence-electron chi connectivity index (χ2n) is 7.61. The van der Waals surface area contributed by atoms with Crippen LogP contribution in [0.2, 0.25) is 0 Å². The SMILES string of the molecule is CCNC(=O)CNC(=NCC(=O)NC(C)(C)C)Nc1ccc2c(c1)OCCCO2. The molecule has 1 aromatic rings. The summed E-state index contributed by atoms with van der Waals surface area (Å²) < 4.78 is 11.3. The van der Waals surface area contributed by atoms with E-state index in [0.29, 0.717) is 42.9 Å². The number of fused-ring (bicyclic) bond motifs is 1. The quantitative estimate of drug-likeness (QED) is 0.419. The van der Waals surface area contributed by atoms with Crippen LogP contribution in [0.5, 0.6) is 11.5 Å². The summed E-state index contributed by atoms with van der Waals surface area (Å²) in [7, 11) is 0. The lowest BCUT2D eigenvalue weighted by Crippen LogP contribution is -2.43. The van der Waals surface area contributed by atoms with Gasteiger partial charge in [0, 0.05) is 30.3 Å². The number of aliphatic imine (C=N–C) groups is 1. The number of amides is 2. The van der Waals surface area contributed by atoms with Crippen LogP contribution < -0.4 is 30.7 Å². The molecule has 0 bridgehead atoms. The highest BCUT2D eigenvalue weighted by molar-refractivity contribution is 5.97. The molecule has 9 nitrogen and oxygen atoms in total. The van der Waals surface area contributed by atoms with Gasteiger partial charge in [0.2, 0.25) is 11.8 Å². The Kier molecular flexibility index (Phi) is 8.11. The zero-order valence-corrected chi connectivity index (χ0v) is 17.6. The van der Waals surface area contributed by atoms with E-state index in [4.69, 9.17) is 9.47 Å². The minimum absolute atomic E-state index is 0.0329. The first kappa shape index (κ1) is 22.3. The van der Waals surface area contributed by atoms with E-state index in [0.717, 1.165) is 6.42 Å². The Morgan fingerprint density at radius 3 is 2.48 bits per heavy atom. The van der Waals surface area contributed by atoms with Crippen molar-refractivity contribution in [1.29, 1.82) is 0 Å². The summed E-state index contributed by atoms with van der Waals surface area (Å²) in [5.41, 5.74) is 0.357. The molecule has 4 N–H and O–H groups in total. The number of guanidine groups is 1. The van der Waals surface area contributed by atoms with Gasteiger partial charge < -0.3 is 30.7 Å². The van der Waals surface area contributed by atoms with Gasteiger partial charge in [-0.15, -0.1) is 0 Å². The van der Waals surface area contributed by atoms with Crippen LogP contribution in [0.3, 0.4) is 0 Å². The van der Waals surface area contributed by atoms with Crippen molar-refractivity contribution in [2.24, 2.45) is 4.99 Å². The molecule has 0 saturated heterocycles. The first-order valence-electron chi connectivity index (χ1n) is 9.79. The first-order chi connectivity index (χ1) is 13.8. The smallest absolute Gasteiger partial charge is 0.242 e. The fourth-order valence-electron chi connectivity index (χ4n) is 2.55. The lowest BCUT2D eigenvalue weighted by Gasteiger charge is -2.20. The van der Waals surface area contributed by atoms with Gasteiger partial charge in [-0.1, -0.05) is 0 Å². The molecule has 0 aliphatic carbocycles. The highest BCUT2D eigenvalue weighted by Gasteiger charge is 2.15. The van der Waals surface area contributed by atoms with E-state index in [9.17, 15) is 9.59 Å². The summed E-state index contributed by atoms with van der Waals surface area (Å²) in [6.07, 6.45) is 0.821. The Labute approximate surface area is 171 Å². The van der Waals surface area contributed by atoms with Gasteiger partial charge in [-0.3, -0.25) is 9.59 Å². The average Bonchev–Trinajstić information content (AvgIpc) is 2.87. The maximum Gasteiger partial charge on any atom is 0.242 e. The summed E-state index contributed by atoms with van der Waals surface area (Å²) in [5.74, 6) is 1.26. The van der Waals surface area contributed by atoms with Gasteiger partial charge >= 0.3 is 0 Å². The van der Waals surface area contributed by atoms with Crippen LogP contribution in [0.1, 0.15) is 34.1 Å². The molecule has 0 radical (unpaired) electrons. The lowest BCUT2D eigenvalue weighted by molar-refractivity contribution is -0.121. The summed E-state index contributed by atoms with van der Waals surface area (Å²) in [4.78, 5) is 28.2. The van der Waals surface area contributed by atoms with Crippen LogP contribution in [0.4, 0.5) is 5.69 Å². The number of anilines is 1. The monoisotopic (exact) mass is 405 g/mol. The topological polar surface area (TPSA) is 113 Å². The molecule has 0 saturated carbocycles. The Hall–Kier alpha value is -2.97. The molecule has 0 aromatic heterocycles. The molecular weight excluding hydrogens is 374 g/mol. The third-order valence-corrected chi connectivity index (χ3v) is 3.70. The number of carbonyl (C=O) groups excluding carboxylic acids is 2. The van der Waals surface area contributed by atoms with Crippen molar-refractivity contribution in [3.63, 3.8) is 0 Å². The number of nitrogens with one attached hydrogen (secondary N) is 4. The zero-order valence-electron chi connectivity index (χ0n) is 17.6. The van der Waals surface area contributed by atoms with E-state index in [2.05, 4.69) is 26.3 Å². The summed E-state index contributed by atoms with van der Waals surface area (Å²) in [6.45, 7) is 9.24. The summed E-state index contributed by atoms with van der Waals surface area (Å²) in [6, 6.07) is 5.45. The number of benzene rings is 1. The molecule has 1 aliphatic rings. The molecule has 0 spiro atoms. The van der Waals surface area contributed by atoms with E-state index < -0.39 is 0 Å². The number of hydrogen-bond donors (Lipinski definition) is 4. The van der Waals surface area contributed by atoms with Crippen LogP contribution in [-0.2, 0) is 9.59 Å². The number of ether oxygens (including phenoxy) is 2. The predicted molar refractivity (Wildman–Crippen MR) is 113 cm³/mol. The maximum atomic E-state index is 12.1. The van der Waals surface area contributed by atoms with Crippen LogP contribution in [0, 0.1) is 0 Å². The Morgan fingerprint density at radius 2 is 1.79 bits per heavy atom. The fourth-order valence-corrected chi connectivity index (χ4v) is 2.55. The van der Waals surface area contributed by atoms with Crippen molar-refractivity contribution in [1.82, 2.24) is 16.0 Å². The summed E-state index contributed by atoms with van der Waals surface area (Å²) in [5, 5.41) is 11.6. The van der Waals surface area contributed by atoms with Crippen molar-refractivity contribution in [2.45, 2.75) is 39.7 Å². The van der Waals surface area contributed by atoms with Gasteiger partial charge in [0.05, 0.1) is 19.8 Å². The second-order valence-corrected chi connectivity index (χ2v) is 7.61. The van der Waals surface area contributed by atoms with E-state index in [1.165, 1.54) is 0 Å². The standard InChI is InChI=1S/C20H31N5O4/c1-5-21-17(26)12-22-19(23-13-18(27)25-20(2,3)4)24-14-7-8-15-16(11-14)29-10-6-9-28-15/h7-8,11H,5-6,9-10,12-13H2,1-4H3,(H,21,26)(H,25,27)(H2,22,23,24). The zero-order chi connectivity index (χ0) is 21.3. The van der Waals surface area contributed by atoms with Crippen LogP contribution in [0.15, 0.2) is 23.2 Å². The van der Waals surface area contributed by atoms with Gasteiger partial charge in [0.1, 0.15) is 6.54 Å². The van der Waals surface area contributed by atoms with E-state index >= 15 is 0 Å². The van der Waals surface area contributed by atoms with Crippen molar-refractivity contribution >= 4 is 23.5 Å². The van der Waals surface area contributed by atoms with E-state index in [1.54, 1.807) is 6.07 Å². The highest BCUT2D eigenvalue weighted by Crippen LogP contribution is 2.32. The van der Waals surface area contributed by atoms with Crippen molar-refractivity contribution in [3.05, 3.63) is 18.2 Å². The fraction of sp³-hybridized carbons (Fsp3) is 0.550. The van der Waals surface area contributed by atoms with E-state index in [1.807, 2.05) is 39.8 Å². The Morgan fingerprint density at radius 1 is 1.07 bits per heavy atom. The molecule has 0 unspecified atom stereocenters. The van der Waals surface area contributed by atoms with Gasteiger partial charge in [0.25, 0.3) is 0 Å². The molecule has 2 rings (SSSR count). The van der Waals surface area contributed by atoms with Crippen LogP contribution in [0.25, 0.3) is 0 Å². The van der Waals surface area contributed by atoms with Gasteiger partial charge in [-0.05, 0) is 39.8 Å². The number of likely N-dealkylation sites (N-methyl/N-ethyl adjacent to an activating group) is 1. The molecule has 2 amide bonds. The predicted octanol–water partition coefficient (Wildman–Crippen LogP) is 1.26. The maximum absolute atomic E-state index is 12.1. The third-order valence-electron chi connectivity index (χ3n) is 3.70. The summed E-state index contributed by atoms with van der Waals surface area (Å²) >= 11 is 0. The lowest BCUT2D eigenvalue weighted by atomic mass is 10.1.